The van der Waals surface area contributed by atoms with Gasteiger partial charge in [-0.1, -0.05) is 0 Å². The van der Waals surface area contributed by atoms with Crippen molar-refractivity contribution in [1.82, 2.24) is 14.7 Å². The number of likely N-dealkylation sites (tertiary alicyclic amines) is 1. The number of fused-ring (bicyclic) bond motifs is 2. The second-order valence-corrected chi connectivity index (χ2v) is 7.16. The van der Waals surface area contributed by atoms with Gasteiger partial charge in [-0.3, -0.25) is 9.48 Å². The number of amides is 1. The highest BCUT2D eigenvalue weighted by Gasteiger charge is 2.50. The van der Waals surface area contributed by atoms with Crippen LogP contribution in [0.2, 0.25) is 0 Å². The van der Waals surface area contributed by atoms with Gasteiger partial charge < -0.3 is 4.90 Å². The van der Waals surface area contributed by atoms with Crippen LogP contribution in [0.5, 0.6) is 0 Å². The maximum absolute atomic E-state index is 12.4. The average Bonchev–Trinajstić information content (AvgIpc) is 2.98. The standard InChI is InChI=1S/C11H15N3O3S/c1-2-14-10(3-4-12-14)11(15)13-6-9-5-8(13)7-18(9,16)17/h3-4,8-9H,2,5-7H2,1H3/t8-,9+/m0/s1. The van der Waals surface area contributed by atoms with Gasteiger partial charge in [0, 0.05) is 25.3 Å². The average molecular weight is 269 g/mol. The molecule has 1 aromatic heterocycles. The quantitative estimate of drug-likeness (QED) is 0.752. The Morgan fingerprint density at radius 2 is 2.33 bits per heavy atom. The number of aryl methyl sites for hydroxylation is 1. The van der Waals surface area contributed by atoms with Crippen molar-refractivity contribution in [3.63, 3.8) is 0 Å². The van der Waals surface area contributed by atoms with E-state index in [1.54, 1.807) is 21.8 Å². The molecule has 0 radical (unpaired) electrons. The maximum atomic E-state index is 12.4. The highest BCUT2D eigenvalue weighted by Crippen LogP contribution is 2.33. The summed E-state index contributed by atoms with van der Waals surface area (Å²) in [5, 5.41) is 3.71. The van der Waals surface area contributed by atoms with E-state index in [1.807, 2.05) is 6.92 Å². The Morgan fingerprint density at radius 1 is 1.56 bits per heavy atom. The maximum Gasteiger partial charge on any atom is 0.272 e. The molecule has 3 rings (SSSR count). The van der Waals surface area contributed by atoms with E-state index in [1.165, 1.54) is 0 Å². The number of sulfone groups is 1. The zero-order valence-electron chi connectivity index (χ0n) is 10.1. The molecule has 3 heterocycles. The van der Waals surface area contributed by atoms with Crippen molar-refractivity contribution in [3.05, 3.63) is 18.0 Å². The first kappa shape index (κ1) is 11.7. The summed E-state index contributed by atoms with van der Waals surface area (Å²) < 4.78 is 24.9. The molecular weight excluding hydrogens is 254 g/mol. The van der Waals surface area contributed by atoms with Crippen molar-refractivity contribution in [3.8, 4) is 0 Å². The molecule has 0 aromatic carbocycles. The van der Waals surface area contributed by atoms with E-state index < -0.39 is 9.84 Å². The van der Waals surface area contributed by atoms with Crippen LogP contribution >= 0.6 is 0 Å². The fourth-order valence-corrected chi connectivity index (χ4v) is 4.89. The molecule has 6 nitrogen and oxygen atoms in total. The zero-order chi connectivity index (χ0) is 12.9. The molecule has 98 valence electrons. The second kappa shape index (κ2) is 3.81. The number of carbonyl (C=O) groups is 1. The van der Waals surface area contributed by atoms with E-state index in [-0.39, 0.29) is 23.0 Å². The smallest absolute Gasteiger partial charge is 0.272 e. The van der Waals surface area contributed by atoms with E-state index in [0.717, 1.165) is 0 Å². The van der Waals surface area contributed by atoms with Crippen molar-refractivity contribution >= 4 is 15.7 Å². The summed E-state index contributed by atoms with van der Waals surface area (Å²) in [6, 6.07) is 1.54. The Labute approximate surface area is 105 Å². The molecule has 1 aromatic rings. The van der Waals surface area contributed by atoms with Gasteiger partial charge in [-0.05, 0) is 19.4 Å². The predicted octanol–water partition coefficient (Wildman–Crippen LogP) is -0.0855. The summed E-state index contributed by atoms with van der Waals surface area (Å²) in [6.07, 6.45) is 2.19. The lowest BCUT2D eigenvalue weighted by atomic mass is 10.2. The number of carbonyl (C=O) groups excluding carboxylic acids is 1. The Morgan fingerprint density at radius 3 is 2.89 bits per heavy atom. The van der Waals surface area contributed by atoms with Crippen molar-refractivity contribution < 1.29 is 13.2 Å². The van der Waals surface area contributed by atoms with E-state index in [0.29, 0.717) is 25.2 Å². The largest absolute Gasteiger partial charge is 0.332 e. The lowest BCUT2D eigenvalue weighted by Crippen LogP contribution is -2.44. The summed E-state index contributed by atoms with van der Waals surface area (Å²) in [7, 11) is -2.95. The fraction of sp³-hybridized carbons (Fsp3) is 0.636. The van der Waals surface area contributed by atoms with Crippen LogP contribution in [-0.4, -0.2) is 52.6 Å². The van der Waals surface area contributed by atoms with Crippen LogP contribution in [0.15, 0.2) is 12.3 Å². The van der Waals surface area contributed by atoms with Gasteiger partial charge in [0.15, 0.2) is 9.84 Å². The van der Waals surface area contributed by atoms with Gasteiger partial charge in [0.2, 0.25) is 0 Å². The van der Waals surface area contributed by atoms with Crippen LogP contribution in [-0.2, 0) is 16.4 Å². The first-order chi connectivity index (χ1) is 8.53. The minimum Gasteiger partial charge on any atom is -0.332 e. The number of aromatic nitrogens is 2. The van der Waals surface area contributed by atoms with Gasteiger partial charge in [-0.15, -0.1) is 0 Å². The molecule has 2 fully saturated rings. The van der Waals surface area contributed by atoms with Gasteiger partial charge in [-0.25, -0.2) is 8.42 Å². The molecule has 2 atom stereocenters. The highest BCUT2D eigenvalue weighted by atomic mass is 32.2. The van der Waals surface area contributed by atoms with Crippen LogP contribution in [0.3, 0.4) is 0 Å². The Hall–Kier alpha value is -1.37. The Bertz CT molecular complexity index is 592. The molecular formula is C11H15N3O3S. The van der Waals surface area contributed by atoms with E-state index >= 15 is 0 Å². The SMILES string of the molecule is CCn1nccc1C(=O)N1C[C@H]2C[C@H]1CS2(=O)=O. The fourth-order valence-electron chi connectivity index (χ4n) is 2.86. The molecule has 7 heteroatoms. The topological polar surface area (TPSA) is 72.3 Å². The molecule has 2 aliphatic rings. The third-order valence-corrected chi connectivity index (χ3v) is 6.01. The van der Waals surface area contributed by atoms with Crippen LogP contribution in [0, 0.1) is 0 Å². The number of hydrogen-bond donors (Lipinski definition) is 0. The van der Waals surface area contributed by atoms with Gasteiger partial charge in [0.05, 0.1) is 11.0 Å². The van der Waals surface area contributed by atoms with E-state index in [4.69, 9.17) is 0 Å². The number of nitrogens with zero attached hydrogens (tertiary/aromatic N) is 3. The summed E-state index contributed by atoms with van der Waals surface area (Å²) in [5.41, 5.74) is 0.544. The normalized spacial score (nSPS) is 28.8. The van der Waals surface area contributed by atoms with Gasteiger partial charge in [-0.2, -0.15) is 5.10 Å². The number of hydrogen-bond acceptors (Lipinski definition) is 4. The lowest BCUT2D eigenvalue weighted by Gasteiger charge is -2.26. The first-order valence-corrected chi connectivity index (χ1v) is 7.79. The minimum absolute atomic E-state index is 0.100. The van der Waals surface area contributed by atoms with Crippen molar-refractivity contribution in [2.45, 2.75) is 31.2 Å². The number of rotatable bonds is 2. The van der Waals surface area contributed by atoms with Crippen LogP contribution < -0.4 is 0 Å². The molecule has 1 amide bonds. The zero-order valence-corrected chi connectivity index (χ0v) is 10.9. The predicted molar refractivity (Wildman–Crippen MR) is 64.9 cm³/mol. The summed E-state index contributed by atoms with van der Waals surface area (Å²) in [6.45, 7) is 2.89. The summed E-state index contributed by atoms with van der Waals surface area (Å²) in [5.74, 6) is 0.0145. The van der Waals surface area contributed by atoms with Crippen molar-refractivity contribution in [2.75, 3.05) is 12.3 Å². The third kappa shape index (κ3) is 1.57. The van der Waals surface area contributed by atoms with Gasteiger partial charge in [0.1, 0.15) is 5.69 Å². The molecule has 2 bridgehead atoms. The van der Waals surface area contributed by atoms with Gasteiger partial charge in [0.25, 0.3) is 5.91 Å². The van der Waals surface area contributed by atoms with Crippen molar-refractivity contribution in [2.24, 2.45) is 0 Å². The van der Waals surface area contributed by atoms with Crippen LogP contribution in [0.4, 0.5) is 0 Å². The molecule has 2 aliphatic heterocycles. The first-order valence-electron chi connectivity index (χ1n) is 6.07. The third-order valence-electron chi connectivity index (χ3n) is 3.80. The molecule has 0 spiro atoms. The summed E-state index contributed by atoms with van der Waals surface area (Å²) >= 11 is 0. The molecule has 0 N–H and O–H groups in total. The highest BCUT2D eigenvalue weighted by molar-refractivity contribution is 7.92. The van der Waals surface area contributed by atoms with Crippen LogP contribution in [0.1, 0.15) is 23.8 Å². The molecule has 18 heavy (non-hydrogen) atoms. The monoisotopic (exact) mass is 269 g/mol. The van der Waals surface area contributed by atoms with Gasteiger partial charge >= 0.3 is 0 Å². The van der Waals surface area contributed by atoms with E-state index in [9.17, 15) is 13.2 Å². The van der Waals surface area contributed by atoms with Crippen LogP contribution in [0.25, 0.3) is 0 Å². The molecule has 0 unspecified atom stereocenters. The molecule has 0 saturated carbocycles. The minimum atomic E-state index is -2.95. The second-order valence-electron chi connectivity index (χ2n) is 4.83. The summed E-state index contributed by atoms with van der Waals surface area (Å²) in [4.78, 5) is 14.0. The lowest BCUT2D eigenvalue weighted by molar-refractivity contribution is 0.0733. The van der Waals surface area contributed by atoms with E-state index in [2.05, 4.69) is 5.10 Å². The Balaban J connectivity index is 1.85. The molecule has 0 aliphatic carbocycles. The molecule has 2 saturated heterocycles. The van der Waals surface area contributed by atoms with Crippen molar-refractivity contribution in [1.29, 1.82) is 0 Å². The Kier molecular flexibility index (Phi) is 2.48.